The van der Waals surface area contributed by atoms with Gasteiger partial charge in [0.25, 0.3) is 0 Å². The number of aromatic carboxylic acids is 1. The van der Waals surface area contributed by atoms with Crippen LogP contribution in [0.2, 0.25) is 0 Å². The molecule has 0 radical (unpaired) electrons. The highest BCUT2D eigenvalue weighted by atomic mass is 16.4. The fourth-order valence-corrected chi connectivity index (χ4v) is 1.87. The fourth-order valence-electron chi connectivity index (χ4n) is 1.87. The van der Waals surface area contributed by atoms with Crippen molar-refractivity contribution in [3.8, 4) is 0 Å². The van der Waals surface area contributed by atoms with Crippen molar-refractivity contribution >= 4 is 11.8 Å². The molecule has 1 fully saturated rings. The minimum atomic E-state index is -0.994. The second-order valence-electron chi connectivity index (χ2n) is 3.69. The van der Waals surface area contributed by atoms with E-state index in [1.807, 2.05) is 0 Å². The monoisotopic (exact) mass is 205 g/mol. The SMILES string of the molecule is O=C(O)c1ccc([C@H]2CCCC2=O)nc1. The van der Waals surface area contributed by atoms with E-state index in [0.717, 1.165) is 12.8 Å². The number of carboxylic acids is 1. The van der Waals surface area contributed by atoms with Gasteiger partial charge in [0.1, 0.15) is 5.78 Å². The number of nitrogens with zero attached hydrogens (tertiary/aromatic N) is 1. The molecule has 2 rings (SSSR count). The van der Waals surface area contributed by atoms with Gasteiger partial charge >= 0.3 is 5.97 Å². The van der Waals surface area contributed by atoms with Crippen molar-refractivity contribution in [3.05, 3.63) is 29.6 Å². The molecule has 15 heavy (non-hydrogen) atoms. The normalized spacial score (nSPS) is 20.5. The van der Waals surface area contributed by atoms with Crippen molar-refractivity contribution in [2.45, 2.75) is 25.2 Å². The summed E-state index contributed by atoms with van der Waals surface area (Å²) in [6.07, 6.45) is 3.67. The zero-order valence-corrected chi connectivity index (χ0v) is 8.14. The van der Waals surface area contributed by atoms with Crippen LogP contribution in [0.25, 0.3) is 0 Å². The minimum Gasteiger partial charge on any atom is -0.478 e. The van der Waals surface area contributed by atoms with Gasteiger partial charge in [-0.25, -0.2) is 4.79 Å². The van der Waals surface area contributed by atoms with Crippen LogP contribution >= 0.6 is 0 Å². The predicted molar refractivity (Wildman–Crippen MR) is 52.8 cm³/mol. The van der Waals surface area contributed by atoms with Crippen LogP contribution in [0.4, 0.5) is 0 Å². The average molecular weight is 205 g/mol. The van der Waals surface area contributed by atoms with E-state index in [2.05, 4.69) is 4.98 Å². The molecule has 1 aromatic heterocycles. The molecule has 1 heterocycles. The molecule has 0 unspecified atom stereocenters. The van der Waals surface area contributed by atoms with E-state index in [9.17, 15) is 9.59 Å². The Kier molecular flexibility index (Phi) is 2.49. The molecular formula is C11H11NO3. The number of rotatable bonds is 2. The lowest BCUT2D eigenvalue weighted by atomic mass is 10.0. The summed E-state index contributed by atoms with van der Waals surface area (Å²) in [5, 5.41) is 8.69. The lowest BCUT2D eigenvalue weighted by Gasteiger charge is -2.06. The van der Waals surface area contributed by atoms with Crippen LogP contribution in [0.1, 0.15) is 41.2 Å². The summed E-state index contributed by atoms with van der Waals surface area (Å²) < 4.78 is 0. The van der Waals surface area contributed by atoms with Gasteiger partial charge in [-0.2, -0.15) is 0 Å². The molecule has 4 heteroatoms. The van der Waals surface area contributed by atoms with E-state index in [-0.39, 0.29) is 17.3 Å². The Morgan fingerprint density at radius 2 is 2.27 bits per heavy atom. The van der Waals surface area contributed by atoms with Crippen LogP contribution in [-0.2, 0) is 4.79 Å². The second kappa shape index (κ2) is 3.81. The standard InChI is InChI=1S/C11H11NO3/c13-10-3-1-2-8(10)9-5-4-7(6-12-9)11(14)15/h4-6,8H,1-3H2,(H,14,15)/t8-/m1/s1. The maximum atomic E-state index is 11.4. The fraction of sp³-hybridized carbons (Fsp3) is 0.364. The molecule has 1 aromatic rings. The molecule has 0 bridgehead atoms. The highest BCUT2D eigenvalue weighted by Gasteiger charge is 2.26. The highest BCUT2D eigenvalue weighted by Crippen LogP contribution is 2.29. The number of Topliss-reactive ketones (excluding diaryl/α,β-unsaturated/α-hetero) is 1. The molecule has 0 aromatic carbocycles. The van der Waals surface area contributed by atoms with Crippen molar-refractivity contribution < 1.29 is 14.7 Å². The zero-order chi connectivity index (χ0) is 10.8. The number of carbonyl (C=O) groups excluding carboxylic acids is 1. The van der Waals surface area contributed by atoms with Crippen molar-refractivity contribution in [2.75, 3.05) is 0 Å². The van der Waals surface area contributed by atoms with Crippen LogP contribution in [0.15, 0.2) is 18.3 Å². The quantitative estimate of drug-likeness (QED) is 0.796. The smallest absolute Gasteiger partial charge is 0.337 e. The van der Waals surface area contributed by atoms with Crippen molar-refractivity contribution in [2.24, 2.45) is 0 Å². The topological polar surface area (TPSA) is 67.3 Å². The van der Waals surface area contributed by atoms with E-state index in [1.165, 1.54) is 12.3 Å². The number of pyridine rings is 1. The summed E-state index contributed by atoms with van der Waals surface area (Å²) in [6.45, 7) is 0. The Balaban J connectivity index is 2.23. The van der Waals surface area contributed by atoms with Crippen molar-refractivity contribution in [3.63, 3.8) is 0 Å². The van der Waals surface area contributed by atoms with Crippen molar-refractivity contribution in [1.82, 2.24) is 4.98 Å². The predicted octanol–water partition coefficient (Wildman–Crippen LogP) is 1.62. The molecule has 0 amide bonds. The van der Waals surface area contributed by atoms with Gasteiger partial charge in [-0.05, 0) is 25.0 Å². The molecule has 78 valence electrons. The Labute approximate surface area is 87.0 Å². The molecule has 1 aliphatic carbocycles. The number of hydrogen-bond donors (Lipinski definition) is 1. The van der Waals surface area contributed by atoms with E-state index in [0.29, 0.717) is 12.1 Å². The van der Waals surface area contributed by atoms with Crippen LogP contribution in [-0.4, -0.2) is 21.8 Å². The van der Waals surface area contributed by atoms with Gasteiger partial charge in [0.2, 0.25) is 0 Å². The van der Waals surface area contributed by atoms with E-state index in [4.69, 9.17) is 5.11 Å². The molecule has 0 saturated heterocycles. The van der Waals surface area contributed by atoms with Crippen molar-refractivity contribution in [1.29, 1.82) is 0 Å². The molecule has 1 saturated carbocycles. The summed E-state index contributed by atoms with van der Waals surface area (Å²) in [6, 6.07) is 3.13. The molecule has 0 aliphatic heterocycles. The van der Waals surface area contributed by atoms with Gasteiger partial charge in [0.05, 0.1) is 17.2 Å². The highest BCUT2D eigenvalue weighted by molar-refractivity contribution is 5.88. The Morgan fingerprint density at radius 1 is 1.47 bits per heavy atom. The Bertz CT molecular complexity index is 397. The summed E-state index contributed by atoms with van der Waals surface area (Å²) in [5.74, 6) is -0.898. The third-order valence-corrected chi connectivity index (χ3v) is 2.69. The zero-order valence-electron chi connectivity index (χ0n) is 8.14. The van der Waals surface area contributed by atoms with Gasteiger partial charge < -0.3 is 5.11 Å². The second-order valence-corrected chi connectivity index (χ2v) is 3.69. The number of ketones is 1. The average Bonchev–Trinajstić information content (AvgIpc) is 2.65. The summed E-state index contributed by atoms with van der Waals surface area (Å²) in [4.78, 5) is 26.1. The lowest BCUT2D eigenvalue weighted by molar-refractivity contribution is -0.118. The first-order valence-corrected chi connectivity index (χ1v) is 4.90. The van der Waals surface area contributed by atoms with Gasteiger partial charge in [-0.3, -0.25) is 9.78 Å². The molecule has 1 aliphatic rings. The molecule has 4 nitrogen and oxygen atoms in total. The van der Waals surface area contributed by atoms with Gasteiger partial charge in [-0.1, -0.05) is 0 Å². The first-order chi connectivity index (χ1) is 7.18. The van der Waals surface area contributed by atoms with Gasteiger partial charge in [-0.15, -0.1) is 0 Å². The molecule has 0 spiro atoms. The molecular weight excluding hydrogens is 194 g/mol. The van der Waals surface area contributed by atoms with E-state index >= 15 is 0 Å². The maximum absolute atomic E-state index is 11.4. The Morgan fingerprint density at radius 3 is 2.73 bits per heavy atom. The number of carboxylic acid groups (broad SMARTS) is 1. The van der Waals surface area contributed by atoms with E-state index < -0.39 is 5.97 Å². The third-order valence-electron chi connectivity index (χ3n) is 2.69. The number of aromatic nitrogens is 1. The van der Waals surface area contributed by atoms with Gasteiger partial charge in [0, 0.05) is 12.6 Å². The van der Waals surface area contributed by atoms with E-state index in [1.54, 1.807) is 6.07 Å². The number of hydrogen-bond acceptors (Lipinski definition) is 3. The largest absolute Gasteiger partial charge is 0.478 e. The molecule has 1 atom stereocenters. The third kappa shape index (κ3) is 1.88. The van der Waals surface area contributed by atoms with Crippen LogP contribution < -0.4 is 0 Å². The van der Waals surface area contributed by atoms with Crippen LogP contribution in [0, 0.1) is 0 Å². The number of carbonyl (C=O) groups is 2. The molecule has 1 N–H and O–H groups in total. The lowest BCUT2D eigenvalue weighted by Crippen LogP contribution is -2.07. The maximum Gasteiger partial charge on any atom is 0.337 e. The first kappa shape index (κ1) is 9.83. The van der Waals surface area contributed by atoms with Gasteiger partial charge in [0.15, 0.2) is 0 Å². The summed E-state index contributed by atoms with van der Waals surface area (Å²) in [7, 11) is 0. The summed E-state index contributed by atoms with van der Waals surface area (Å²) in [5.41, 5.74) is 0.853. The first-order valence-electron chi connectivity index (χ1n) is 4.90. The van der Waals surface area contributed by atoms with Crippen LogP contribution in [0.5, 0.6) is 0 Å². The van der Waals surface area contributed by atoms with Crippen LogP contribution in [0.3, 0.4) is 0 Å². The Hall–Kier alpha value is -1.71. The minimum absolute atomic E-state index is 0.118. The summed E-state index contributed by atoms with van der Waals surface area (Å²) >= 11 is 0.